The third-order valence-electron chi connectivity index (χ3n) is 3.23. The number of rotatable bonds is 5. The van der Waals surface area contributed by atoms with Gasteiger partial charge in [-0.3, -0.25) is 14.4 Å². The Kier molecular flexibility index (Phi) is 4.97. The number of pyridine rings is 1. The van der Waals surface area contributed by atoms with Gasteiger partial charge in [0, 0.05) is 21.8 Å². The molecule has 1 aromatic carbocycles. The Morgan fingerprint density at radius 3 is 2.43 bits per heavy atom. The molecule has 0 radical (unpaired) electrons. The van der Waals surface area contributed by atoms with Crippen LogP contribution in [0.3, 0.4) is 0 Å². The number of halogens is 3. The van der Waals surface area contributed by atoms with Crippen LogP contribution in [0.15, 0.2) is 10.9 Å². The molecule has 2 rings (SSSR count). The predicted molar refractivity (Wildman–Crippen MR) is 85.1 cm³/mol. The van der Waals surface area contributed by atoms with Crippen molar-refractivity contribution in [3.63, 3.8) is 0 Å². The van der Waals surface area contributed by atoms with E-state index in [1.807, 2.05) is 4.98 Å². The number of carbonyl (C=O) groups excluding carboxylic acids is 1. The molecule has 0 aliphatic heterocycles. The van der Waals surface area contributed by atoms with Crippen molar-refractivity contribution in [3.05, 3.63) is 39.2 Å². The van der Waals surface area contributed by atoms with E-state index in [2.05, 4.69) is 0 Å². The fourth-order valence-electron chi connectivity index (χ4n) is 2.11. The minimum Gasteiger partial charge on any atom is -0.506 e. The zero-order chi connectivity index (χ0) is 17.3. The molecule has 0 bridgehead atoms. The van der Waals surface area contributed by atoms with Crippen molar-refractivity contribution < 1.29 is 28.6 Å². The Hall–Kier alpha value is -2.04. The molecule has 2 aromatic rings. The molecule has 9 heteroatoms. The molecule has 0 amide bonds. The first-order valence-corrected chi connectivity index (χ1v) is 7.87. The topological polar surface area (TPSA) is 107 Å². The highest BCUT2D eigenvalue weighted by atomic mass is 127. The van der Waals surface area contributed by atoms with Crippen molar-refractivity contribution in [1.29, 1.82) is 0 Å². The van der Waals surface area contributed by atoms with E-state index in [4.69, 9.17) is 5.11 Å². The fourth-order valence-corrected chi connectivity index (χ4v) is 2.66. The molecule has 122 valence electrons. The van der Waals surface area contributed by atoms with E-state index in [1.165, 1.54) is 0 Å². The van der Waals surface area contributed by atoms with Gasteiger partial charge in [0.15, 0.2) is 17.4 Å². The molecule has 6 nitrogen and oxygen atoms in total. The Morgan fingerprint density at radius 2 is 1.87 bits per heavy atom. The maximum Gasteiger partial charge on any atom is 0.303 e. The number of fused-ring (bicyclic) bond motifs is 1. The van der Waals surface area contributed by atoms with Crippen LogP contribution in [0.5, 0.6) is 5.75 Å². The zero-order valence-electron chi connectivity index (χ0n) is 11.5. The number of alkyl halides is 1. The lowest BCUT2D eigenvalue weighted by Gasteiger charge is -2.09. The second-order valence-corrected chi connectivity index (χ2v) is 5.48. The van der Waals surface area contributed by atoms with E-state index < -0.39 is 58.6 Å². The minimum atomic E-state index is -1.33. The van der Waals surface area contributed by atoms with Crippen molar-refractivity contribution in [2.45, 2.75) is 17.3 Å². The molecule has 3 N–H and O–H groups in total. The highest BCUT2D eigenvalue weighted by molar-refractivity contribution is 14.1. The highest BCUT2D eigenvalue weighted by Gasteiger charge is 2.23. The standard InChI is InChI=1S/C14H10F2INO5/c15-10-5(4-17)3-6-12(11(10)16)18-14(23)9(13(6)22)7(19)1-2-8(20)21/h3H,1-2,4H2,(H,20,21)(H2,18,22,23). The van der Waals surface area contributed by atoms with Gasteiger partial charge in [-0.1, -0.05) is 22.6 Å². The van der Waals surface area contributed by atoms with E-state index in [1.54, 1.807) is 22.6 Å². The lowest BCUT2D eigenvalue weighted by Crippen LogP contribution is -2.19. The van der Waals surface area contributed by atoms with Crippen LogP contribution in [0.2, 0.25) is 0 Å². The summed E-state index contributed by atoms with van der Waals surface area (Å²) in [5.41, 5.74) is -2.36. The Balaban J connectivity index is 2.69. The summed E-state index contributed by atoms with van der Waals surface area (Å²) in [6, 6.07) is 1.14. The number of carboxylic acids is 1. The first kappa shape index (κ1) is 17.3. The minimum absolute atomic E-state index is 0.0399. The molecule has 0 saturated carbocycles. The largest absolute Gasteiger partial charge is 0.506 e. The van der Waals surface area contributed by atoms with Crippen molar-refractivity contribution in [1.82, 2.24) is 4.98 Å². The second kappa shape index (κ2) is 6.60. The van der Waals surface area contributed by atoms with Gasteiger partial charge in [-0.2, -0.15) is 0 Å². The van der Waals surface area contributed by atoms with Gasteiger partial charge in [0.05, 0.1) is 11.9 Å². The molecule has 1 aromatic heterocycles. The zero-order valence-corrected chi connectivity index (χ0v) is 13.6. The number of nitrogens with one attached hydrogen (secondary N) is 1. The van der Waals surface area contributed by atoms with Gasteiger partial charge in [0.1, 0.15) is 11.3 Å². The van der Waals surface area contributed by atoms with Crippen molar-refractivity contribution in [2.24, 2.45) is 0 Å². The predicted octanol–water partition coefficient (Wildman–Crippen LogP) is 2.49. The van der Waals surface area contributed by atoms with Crippen LogP contribution in [0.25, 0.3) is 10.9 Å². The normalized spacial score (nSPS) is 10.9. The van der Waals surface area contributed by atoms with Gasteiger partial charge < -0.3 is 15.2 Å². The Morgan fingerprint density at radius 1 is 1.22 bits per heavy atom. The fraction of sp³-hybridized carbons (Fsp3) is 0.214. The lowest BCUT2D eigenvalue weighted by atomic mass is 10.0. The summed E-state index contributed by atoms with van der Waals surface area (Å²) in [4.78, 5) is 36.3. The van der Waals surface area contributed by atoms with Crippen LogP contribution in [0, 0.1) is 11.6 Å². The van der Waals surface area contributed by atoms with Gasteiger partial charge in [0.25, 0.3) is 5.56 Å². The quantitative estimate of drug-likeness (QED) is 0.379. The van der Waals surface area contributed by atoms with E-state index >= 15 is 0 Å². The number of aromatic hydroxyl groups is 1. The summed E-state index contributed by atoms with van der Waals surface area (Å²) in [5, 5.41) is 18.5. The number of carbonyl (C=O) groups is 2. The molecular weight excluding hydrogens is 427 g/mol. The van der Waals surface area contributed by atoms with E-state index in [9.17, 15) is 28.3 Å². The average Bonchev–Trinajstić information content (AvgIpc) is 2.49. The maximum absolute atomic E-state index is 14.0. The van der Waals surface area contributed by atoms with Crippen molar-refractivity contribution in [3.8, 4) is 5.75 Å². The summed E-state index contributed by atoms with van der Waals surface area (Å²) in [6.45, 7) is 0. The summed E-state index contributed by atoms with van der Waals surface area (Å²) >= 11 is 1.80. The monoisotopic (exact) mass is 437 g/mol. The first-order chi connectivity index (χ1) is 10.8. The highest BCUT2D eigenvalue weighted by Crippen LogP contribution is 2.31. The summed E-state index contributed by atoms with van der Waals surface area (Å²) in [5.74, 6) is -5.40. The van der Waals surface area contributed by atoms with E-state index in [0.717, 1.165) is 6.07 Å². The van der Waals surface area contributed by atoms with Crippen LogP contribution in [-0.4, -0.2) is 26.9 Å². The van der Waals surface area contributed by atoms with Crippen molar-refractivity contribution >= 4 is 45.2 Å². The second-order valence-electron chi connectivity index (χ2n) is 4.71. The lowest BCUT2D eigenvalue weighted by molar-refractivity contribution is -0.136. The number of hydrogen-bond donors (Lipinski definition) is 3. The van der Waals surface area contributed by atoms with E-state index in [-0.39, 0.29) is 15.4 Å². The molecule has 1 heterocycles. The molecular formula is C14H10F2INO5. The van der Waals surface area contributed by atoms with Gasteiger partial charge in [-0.15, -0.1) is 0 Å². The van der Waals surface area contributed by atoms with Crippen LogP contribution in [-0.2, 0) is 9.22 Å². The molecule has 23 heavy (non-hydrogen) atoms. The summed E-state index contributed by atoms with van der Waals surface area (Å²) < 4.78 is 27.8. The molecule has 0 atom stereocenters. The van der Waals surface area contributed by atoms with Crippen molar-refractivity contribution in [2.75, 3.05) is 0 Å². The smallest absolute Gasteiger partial charge is 0.303 e. The number of benzene rings is 1. The van der Waals surface area contributed by atoms with Crippen LogP contribution in [0.1, 0.15) is 28.8 Å². The Labute approximate surface area is 141 Å². The first-order valence-electron chi connectivity index (χ1n) is 6.34. The number of aliphatic carboxylic acids is 1. The average molecular weight is 437 g/mol. The maximum atomic E-state index is 14.0. The number of Topliss-reactive ketones (excluding diaryl/α,β-unsaturated/α-hetero) is 1. The van der Waals surface area contributed by atoms with Gasteiger partial charge >= 0.3 is 5.97 Å². The molecule has 0 aliphatic carbocycles. The Bertz CT molecular complexity index is 878. The van der Waals surface area contributed by atoms with Crippen LogP contribution in [0.4, 0.5) is 8.78 Å². The number of aromatic nitrogens is 1. The van der Waals surface area contributed by atoms with Gasteiger partial charge in [-0.25, -0.2) is 8.78 Å². The SMILES string of the molecule is O=C(O)CCC(=O)c1c(O)c2cc(CI)c(F)c(F)c2[nH]c1=O. The molecule has 0 fully saturated rings. The molecule has 0 spiro atoms. The molecule has 0 saturated heterocycles. The third kappa shape index (κ3) is 3.19. The number of ketones is 1. The van der Waals surface area contributed by atoms with Gasteiger partial charge in [-0.05, 0) is 6.07 Å². The third-order valence-corrected chi connectivity index (χ3v) is 4.05. The number of carboxylic acid groups (broad SMARTS) is 1. The van der Waals surface area contributed by atoms with Crippen LogP contribution < -0.4 is 5.56 Å². The summed E-state index contributed by atoms with van der Waals surface area (Å²) in [6.07, 6.45) is -1.02. The van der Waals surface area contributed by atoms with Gasteiger partial charge in [0.2, 0.25) is 0 Å². The van der Waals surface area contributed by atoms with E-state index in [0.29, 0.717) is 0 Å². The number of aromatic amines is 1. The molecule has 0 unspecified atom stereocenters. The van der Waals surface area contributed by atoms with Crippen LogP contribution >= 0.6 is 22.6 Å². The number of H-pyrrole nitrogens is 1. The summed E-state index contributed by atoms with van der Waals surface area (Å²) in [7, 11) is 0. The molecule has 0 aliphatic rings. The number of hydrogen-bond acceptors (Lipinski definition) is 4.